The van der Waals surface area contributed by atoms with E-state index in [0.717, 1.165) is 5.92 Å². The van der Waals surface area contributed by atoms with Crippen molar-refractivity contribution in [2.75, 3.05) is 13.1 Å². The van der Waals surface area contributed by atoms with Gasteiger partial charge in [0.25, 0.3) is 0 Å². The van der Waals surface area contributed by atoms with Crippen molar-refractivity contribution in [1.29, 1.82) is 0 Å². The van der Waals surface area contributed by atoms with Crippen LogP contribution in [-0.2, 0) is 6.42 Å². The molecule has 2 aliphatic heterocycles. The maximum atomic E-state index is 2.84. The minimum atomic E-state index is 0.562. The largest absolute Gasteiger partial charge is 0.297 e. The lowest BCUT2D eigenvalue weighted by molar-refractivity contribution is 0.133. The molecule has 1 saturated carbocycles. The van der Waals surface area contributed by atoms with E-state index in [0.29, 0.717) is 5.54 Å². The molecule has 4 rings (SSSR count). The number of rotatable bonds is 0. The molecule has 2 unspecified atom stereocenters. The quantitative estimate of drug-likeness (QED) is 0.657. The van der Waals surface area contributed by atoms with Gasteiger partial charge in [0.2, 0.25) is 0 Å². The van der Waals surface area contributed by atoms with E-state index in [-0.39, 0.29) is 0 Å². The van der Waals surface area contributed by atoms with Gasteiger partial charge in [0, 0.05) is 18.0 Å². The van der Waals surface area contributed by atoms with E-state index in [1.807, 2.05) is 0 Å². The third-order valence-electron chi connectivity index (χ3n) is 5.50. The number of benzene rings is 1. The molecule has 1 aromatic rings. The molecule has 1 aliphatic carbocycles. The van der Waals surface area contributed by atoms with Crippen LogP contribution in [0.4, 0.5) is 0 Å². The van der Waals surface area contributed by atoms with E-state index in [9.17, 15) is 0 Å². The molecule has 0 aromatic heterocycles. The van der Waals surface area contributed by atoms with Crippen LogP contribution < -0.4 is 0 Å². The molecule has 2 atom stereocenters. The molecule has 1 aromatic carbocycles. The zero-order chi connectivity index (χ0) is 11.3. The van der Waals surface area contributed by atoms with E-state index in [1.165, 1.54) is 51.6 Å². The molecule has 0 bridgehead atoms. The van der Waals surface area contributed by atoms with Crippen molar-refractivity contribution in [3.05, 3.63) is 35.4 Å². The fourth-order valence-electron chi connectivity index (χ4n) is 4.83. The van der Waals surface area contributed by atoms with Gasteiger partial charge in [0.05, 0.1) is 0 Å². The van der Waals surface area contributed by atoms with Crippen LogP contribution in [-0.4, -0.2) is 23.5 Å². The summed E-state index contributed by atoms with van der Waals surface area (Å²) >= 11 is 0. The van der Waals surface area contributed by atoms with Crippen LogP contribution in [0.5, 0.6) is 0 Å². The highest BCUT2D eigenvalue weighted by Crippen LogP contribution is 2.53. The average molecular weight is 227 g/mol. The fourth-order valence-corrected chi connectivity index (χ4v) is 4.83. The number of fused-ring (bicyclic) bond motifs is 2. The summed E-state index contributed by atoms with van der Waals surface area (Å²) in [5.74, 6) is 0.837. The highest BCUT2D eigenvalue weighted by Gasteiger charge is 2.51. The number of hydrogen-bond acceptors (Lipinski definition) is 1. The maximum absolute atomic E-state index is 2.84. The molecule has 2 fully saturated rings. The molecule has 0 amide bonds. The van der Waals surface area contributed by atoms with Crippen LogP contribution in [0.2, 0.25) is 0 Å². The van der Waals surface area contributed by atoms with Crippen molar-refractivity contribution >= 4 is 0 Å². The smallest absolute Gasteiger partial charge is 0.0278 e. The molecule has 90 valence electrons. The van der Waals surface area contributed by atoms with Crippen molar-refractivity contribution in [3.8, 4) is 0 Å². The fraction of sp³-hybridized carbons (Fsp3) is 0.625. The predicted octanol–water partition coefficient (Wildman–Crippen LogP) is 3.34. The summed E-state index contributed by atoms with van der Waals surface area (Å²) < 4.78 is 0. The minimum absolute atomic E-state index is 0.562. The molecule has 1 nitrogen and oxygen atoms in total. The van der Waals surface area contributed by atoms with Gasteiger partial charge in [-0.2, -0.15) is 0 Å². The molecular weight excluding hydrogens is 206 g/mol. The second kappa shape index (κ2) is 3.58. The summed E-state index contributed by atoms with van der Waals surface area (Å²) in [5, 5.41) is 0. The summed E-state index contributed by atoms with van der Waals surface area (Å²) in [7, 11) is 0. The molecular formula is C16H21N. The van der Waals surface area contributed by atoms with Gasteiger partial charge in [-0.25, -0.2) is 0 Å². The Bertz CT molecular complexity index is 435. The van der Waals surface area contributed by atoms with Crippen LogP contribution in [0.1, 0.15) is 49.1 Å². The Morgan fingerprint density at radius 1 is 1.06 bits per heavy atom. The zero-order valence-corrected chi connectivity index (χ0v) is 10.5. The first-order chi connectivity index (χ1) is 8.40. The third-order valence-corrected chi connectivity index (χ3v) is 5.50. The topological polar surface area (TPSA) is 3.24 Å². The third kappa shape index (κ3) is 1.29. The second-order valence-electron chi connectivity index (χ2n) is 6.09. The molecule has 1 spiro atoms. The van der Waals surface area contributed by atoms with Crippen molar-refractivity contribution in [2.24, 2.45) is 0 Å². The number of hydrogen-bond donors (Lipinski definition) is 0. The van der Waals surface area contributed by atoms with Crippen LogP contribution in [0.25, 0.3) is 0 Å². The summed E-state index contributed by atoms with van der Waals surface area (Å²) in [6.45, 7) is 2.65. The molecule has 0 radical (unpaired) electrons. The Balaban J connectivity index is 1.87. The molecule has 17 heavy (non-hydrogen) atoms. The summed E-state index contributed by atoms with van der Waals surface area (Å²) in [6, 6.07) is 9.24. The summed E-state index contributed by atoms with van der Waals surface area (Å²) in [4.78, 5) is 2.84. The van der Waals surface area contributed by atoms with Gasteiger partial charge in [-0.3, -0.25) is 4.90 Å². The van der Waals surface area contributed by atoms with Crippen LogP contribution in [0, 0.1) is 0 Å². The van der Waals surface area contributed by atoms with Gasteiger partial charge in [-0.05, 0) is 49.8 Å². The Morgan fingerprint density at radius 3 is 2.94 bits per heavy atom. The highest BCUT2D eigenvalue weighted by molar-refractivity contribution is 5.36. The lowest BCUT2D eigenvalue weighted by atomic mass is 9.79. The average Bonchev–Trinajstić information content (AvgIpc) is 2.94. The first kappa shape index (κ1) is 10.1. The summed E-state index contributed by atoms with van der Waals surface area (Å²) in [5.41, 5.74) is 3.88. The zero-order valence-electron chi connectivity index (χ0n) is 10.5. The summed E-state index contributed by atoms with van der Waals surface area (Å²) in [6.07, 6.45) is 8.47. The van der Waals surface area contributed by atoms with Crippen LogP contribution in [0.15, 0.2) is 24.3 Å². The van der Waals surface area contributed by atoms with E-state index >= 15 is 0 Å². The lowest BCUT2D eigenvalue weighted by Crippen LogP contribution is -2.45. The van der Waals surface area contributed by atoms with Crippen molar-refractivity contribution in [3.63, 3.8) is 0 Å². The lowest BCUT2D eigenvalue weighted by Gasteiger charge is -2.39. The highest BCUT2D eigenvalue weighted by atomic mass is 15.2. The molecule has 3 aliphatic rings. The monoisotopic (exact) mass is 227 g/mol. The van der Waals surface area contributed by atoms with Crippen LogP contribution >= 0.6 is 0 Å². The molecule has 2 heterocycles. The van der Waals surface area contributed by atoms with Crippen molar-refractivity contribution < 1.29 is 0 Å². The van der Waals surface area contributed by atoms with E-state index in [4.69, 9.17) is 0 Å². The second-order valence-corrected chi connectivity index (χ2v) is 6.09. The Kier molecular flexibility index (Phi) is 2.14. The maximum Gasteiger partial charge on any atom is 0.0278 e. The van der Waals surface area contributed by atoms with Gasteiger partial charge in [-0.1, -0.05) is 30.7 Å². The molecule has 1 saturated heterocycles. The van der Waals surface area contributed by atoms with E-state index in [2.05, 4.69) is 29.2 Å². The predicted molar refractivity (Wildman–Crippen MR) is 70.3 cm³/mol. The Morgan fingerprint density at radius 2 is 1.94 bits per heavy atom. The van der Waals surface area contributed by atoms with Gasteiger partial charge in [0.15, 0.2) is 0 Å². The molecule has 1 heteroatoms. The van der Waals surface area contributed by atoms with Crippen molar-refractivity contribution in [2.45, 2.75) is 50.0 Å². The normalized spacial score (nSPS) is 36.1. The Hall–Kier alpha value is -0.820. The van der Waals surface area contributed by atoms with Crippen molar-refractivity contribution in [1.82, 2.24) is 4.90 Å². The van der Waals surface area contributed by atoms with Gasteiger partial charge in [-0.15, -0.1) is 0 Å². The van der Waals surface area contributed by atoms with Gasteiger partial charge < -0.3 is 0 Å². The Labute approximate surface area is 104 Å². The van der Waals surface area contributed by atoms with Gasteiger partial charge >= 0.3 is 0 Å². The molecule has 0 N–H and O–H groups in total. The van der Waals surface area contributed by atoms with Crippen LogP contribution in [0.3, 0.4) is 0 Å². The van der Waals surface area contributed by atoms with Gasteiger partial charge in [0.1, 0.15) is 0 Å². The first-order valence-corrected chi connectivity index (χ1v) is 7.23. The first-order valence-electron chi connectivity index (χ1n) is 7.23. The number of nitrogens with zero attached hydrogens (tertiary/aromatic N) is 1. The standard InChI is InChI=1S/C16H21N/c1-2-6-14-13(5-1)8-12-17-11-4-10-16(17)9-3-7-15(14)16/h1-2,5-6,15H,3-4,7-12H2. The SMILES string of the molecule is c1ccc2c(c1)CCN1CCCC13CCCC23. The minimum Gasteiger partial charge on any atom is -0.297 e. The van der Waals surface area contributed by atoms with E-state index in [1.54, 1.807) is 11.1 Å². The van der Waals surface area contributed by atoms with E-state index < -0.39 is 0 Å².